The van der Waals surface area contributed by atoms with Crippen LogP contribution in [-0.4, -0.2) is 13.0 Å². The lowest BCUT2D eigenvalue weighted by Crippen LogP contribution is -2.48. The van der Waals surface area contributed by atoms with E-state index in [1.165, 1.54) is 19.3 Å². The number of carbonyl (C=O) groups excluding carboxylic acids is 1. The Bertz CT molecular complexity index is 210. The zero-order valence-corrected chi connectivity index (χ0v) is 8.65. The van der Waals surface area contributed by atoms with Gasteiger partial charge in [-0.25, -0.2) is 0 Å². The minimum absolute atomic E-state index is 0.0203. The maximum atomic E-state index is 11.7. The van der Waals surface area contributed by atoms with Crippen LogP contribution in [0, 0.1) is 10.8 Å². The molecule has 0 aromatic rings. The molecule has 74 valence electrons. The van der Waals surface area contributed by atoms with E-state index in [1.54, 1.807) is 7.05 Å². The van der Waals surface area contributed by atoms with Gasteiger partial charge in [-0.2, -0.15) is 0 Å². The molecule has 2 bridgehead atoms. The number of amides is 1. The smallest absolute Gasteiger partial charge is 0.225 e. The average Bonchev–Trinajstić information content (AvgIpc) is 2.18. The third kappa shape index (κ3) is 1.27. The van der Waals surface area contributed by atoms with Gasteiger partial charge in [0.25, 0.3) is 0 Å². The number of fused-ring (bicyclic) bond motifs is 3. The van der Waals surface area contributed by atoms with Gasteiger partial charge in [-0.3, -0.25) is 4.79 Å². The van der Waals surface area contributed by atoms with Crippen molar-refractivity contribution in [2.24, 2.45) is 10.8 Å². The summed E-state index contributed by atoms with van der Waals surface area (Å²) >= 11 is 0. The second kappa shape index (κ2) is 2.73. The van der Waals surface area contributed by atoms with E-state index in [4.69, 9.17) is 0 Å². The molecule has 3 rings (SSSR count). The van der Waals surface area contributed by atoms with E-state index < -0.39 is 0 Å². The molecular formula is C11H19NO. The first-order valence-corrected chi connectivity index (χ1v) is 5.33. The fourth-order valence-corrected chi connectivity index (χ4v) is 2.98. The van der Waals surface area contributed by atoms with Crippen LogP contribution in [0.4, 0.5) is 0 Å². The largest absolute Gasteiger partial charge is 0.359 e. The molecule has 3 aliphatic carbocycles. The fraction of sp³-hybridized carbons (Fsp3) is 0.909. The highest BCUT2D eigenvalue weighted by atomic mass is 16.2. The predicted octanol–water partition coefficient (Wildman–Crippen LogP) is 2.09. The Morgan fingerprint density at radius 3 is 1.92 bits per heavy atom. The van der Waals surface area contributed by atoms with Crippen molar-refractivity contribution in [3.8, 4) is 0 Å². The molecule has 0 saturated heterocycles. The van der Waals surface area contributed by atoms with Gasteiger partial charge in [0.2, 0.25) is 5.91 Å². The summed E-state index contributed by atoms with van der Waals surface area (Å²) in [6, 6.07) is 0. The van der Waals surface area contributed by atoms with E-state index >= 15 is 0 Å². The Morgan fingerprint density at radius 2 is 1.54 bits per heavy atom. The Labute approximate surface area is 80.1 Å². The lowest BCUT2D eigenvalue weighted by atomic mass is 9.54. The van der Waals surface area contributed by atoms with Crippen LogP contribution < -0.4 is 5.32 Å². The van der Waals surface area contributed by atoms with Gasteiger partial charge in [0.05, 0.1) is 0 Å². The molecule has 2 nitrogen and oxygen atoms in total. The third-order valence-corrected chi connectivity index (χ3v) is 4.33. The maximum Gasteiger partial charge on any atom is 0.225 e. The zero-order valence-electron chi connectivity index (χ0n) is 8.65. The van der Waals surface area contributed by atoms with Crippen LogP contribution in [0.5, 0.6) is 0 Å². The van der Waals surface area contributed by atoms with Crippen molar-refractivity contribution in [2.45, 2.75) is 45.4 Å². The van der Waals surface area contributed by atoms with Crippen LogP contribution in [-0.2, 0) is 4.79 Å². The highest BCUT2D eigenvalue weighted by Gasteiger charge is 2.49. The average molecular weight is 181 g/mol. The maximum absolute atomic E-state index is 11.7. The Kier molecular flexibility index (Phi) is 1.90. The van der Waals surface area contributed by atoms with Crippen molar-refractivity contribution in [3.05, 3.63) is 0 Å². The molecule has 3 fully saturated rings. The van der Waals surface area contributed by atoms with Gasteiger partial charge in [0.15, 0.2) is 0 Å². The molecule has 3 aliphatic rings. The first-order chi connectivity index (χ1) is 6.10. The fourth-order valence-electron chi connectivity index (χ4n) is 2.98. The van der Waals surface area contributed by atoms with Crippen LogP contribution in [0.2, 0.25) is 0 Å². The Hall–Kier alpha value is -0.530. The summed E-state index contributed by atoms with van der Waals surface area (Å²) in [5.74, 6) is 0.286. The molecule has 0 heterocycles. The first kappa shape index (κ1) is 9.04. The highest BCUT2D eigenvalue weighted by Crippen LogP contribution is 2.56. The van der Waals surface area contributed by atoms with E-state index in [-0.39, 0.29) is 11.3 Å². The van der Waals surface area contributed by atoms with Crippen molar-refractivity contribution in [1.82, 2.24) is 5.32 Å². The van der Waals surface area contributed by atoms with Crippen LogP contribution in [0.1, 0.15) is 45.4 Å². The van der Waals surface area contributed by atoms with Crippen molar-refractivity contribution in [2.75, 3.05) is 7.05 Å². The van der Waals surface area contributed by atoms with Crippen molar-refractivity contribution >= 4 is 5.91 Å². The van der Waals surface area contributed by atoms with Gasteiger partial charge in [-0.05, 0) is 43.9 Å². The monoisotopic (exact) mass is 181 g/mol. The van der Waals surface area contributed by atoms with Crippen LogP contribution in [0.15, 0.2) is 0 Å². The van der Waals surface area contributed by atoms with Gasteiger partial charge >= 0.3 is 0 Å². The highest BCUT2D eigenvalue weighted by molar-refractivity contribution is 5.82. The van der Waals surface area contributed by atoms with Gasteiger partial charge in [0, 0.05) is 12.5 Å². The minimum atomic E-state index is 0.0203. The van der Waals surface area contributed by atoms with Gasteiger partial charge in [0.1, 0.15) is 0 Å². The molecule has 0 aliphatic heterocycles. The van der Waals surface area contributed by atoms with Crippen molar-refractivity contribution in [3.63, 3.8) is 0 Å². The van der Waals surface area contributed by atoms with E-state index in [9.17, 15) is 4.79 Å². The molecule has 13 heavy (non-hydrogen) atoms. The molecule has 0 aromatic heterocycles. The molecule has 2 heteroatoms. The standard InChI is InChI=1S/C11H19NO/c1-10-3-6-11(7-4-10,8-5-10)9(13)12-2/h3-8H2,1-2H3,(H,12,13). The molecular weight excluding hydrogens is 162 g/mol. The van der Waals surface area contributed by atoms with Gasteiger partial charge in [-0.15, -0.1) is 0 Å². The van der Waals surface area contributed by atoms with Crippen LogP contribution in [0.25, 0.3) is 0 Å². The summed E-state index contributed by atoms with van der Waals surface area (Å²) in [6.45, 7) is 2.37. The minimum Gasteiger partial charge on any atom is -0.359 e. The number of hydrogen-bond acceptors (Lipinski definition) is 1. The van der Waals surface area contributed by atoms with Gasteiger partial charge in [-0.1, -0.05) is 6.92 Å². The second-order valence-electron chi connectivity index (χ2n) is 5.17. The Balaban J connectivity index is 2.15. The van der Waals surface area contributed by atoms with Crippen LogP contribution in [0.3, 0.4) is 0 Å². The summed E-state index contributed by atoms with van der Waals surface area (Å²) in [6.07, 6.45) is 7.09. The second-order valence-corrected chi connectivity index (χ2v) is 5.17. The van der Waals surface area contributed by atoms with E-state index in [0.717, 1.165) is 19.3 Å². The molecule has 0 radical (unpaired) electrons. The predicted molar refractivity (Wildman–Crippen MR) is 52.3 cm³/mol. The number of carbonyl (C=O) groups is 1. The molecule has 3 saturated carbocycles. The van der Waals surface area contributed by atoms with Gasteiger partial charge < -0.3 is 5.32 Å². The van der Waals surface area contributed by atoms with Crippen molar-refractivity contribution < 1.29 is 4.79 Å². The summed E-state index contributed by atoms with van der Waals surface area (Å²) in [4.78, 5) is 11.7. The first-order valence-electron chi connectivity index (χ1n) is 5.33. The lowest BCUT2D eigenvalue weighted by molar-refractivity contribution is -0.139. The summed E-state index contributed by atoms with van der Waals surface area (Å²) < 4.78 is 0. The zero-order chi connectivity index (χ0) is 9.53. The van der Waals surface area contributed by atoms with E-state index in [0.29, 0.717) is 5.41 Å². The normalized spacial score (nSPS) is 43.2. The summed E-state index contributed by atoms with van der Waals surface area (Å²) in [7, 11) is 1.76. The number of rotatable bonds is 1. The molecule has 1 N–H and O–H groups in total. The topological polar surface area (TPSA) is 29.1 Å². The molecule has 0 atom stereocenters. The molecule has 0 aromatic carbocycles. The SMILES string of the molecule is CNC(=O)C12CCC(C)(CC1)CC2. The molecule has 0 unspecified atom stereocenters. The van der Waals surface area contributed by atoms with Crippen LogP contribution >= 0.6 is 0 Å². The lowest BCUT2D eigenvalue weighted by Gasteiger charge is -2.50. The Morgan fingerprint density at radius 1 is 1.08 bits per heavy atom. The number of nitrogens with one attached hydrogen (secondary N) is 1. The number of hydrogen-bond donors (Lipinski definition) is 1. The summed E-state index contributed by atoms with van der Waals surface area (Å²) in [5.41, 5.74) is 0.586. The summed E-state index contributed by atoms with van der Waals surface area (Å²) in [5, 5.41) is 2.82. The molecule has 0 spiro atoms. The van der Waals surface area contributed by atoms with E-state index in [2.05, 4.69) is 12.2 Å². The third-order valence-electron chi connectivity index (χ3n) is 4.33. The van der Waals surface area contributed by atoms with E-state index in [1.807, 2.05) is 0 Å². The quantitative estimate of drug-likeness (QED) is 0.659. The van der Waals surface area contributed by atoms with Crippen molar-refractivity contribution in [1.29, 1.82) is 0 Å². The molecule has 1 amide bonds.